The summed E-state index contributed by atoms with van der Waals surface area (Å²) in [5.41, 5.74) is 6.01. The van der Waals surface area contributed by atoms with Gasteiger partial charge in [-0.2, -0.15) is 0 Å². The van der Waals surface area contributed by atoms with Crippen LogP contribution in [0.15, 0.2) is 18.2 Å². The molecule has 0 saturated heterocycles. The SMILES string of the molecule is CCC(CC)(CC)NC(=O)c1sc2cccc(F)c2c1N. The van der Waals surface area contributed by atoms with Gasteiger partial charge in [0, 0.05) is 10.2 Å². The molecule has 114 valence electrons. The number of nitrogens with two attached hydrogens (primary N) is 1. The van der Waals surface area contributed by atoms with Crippen molar-refractivity contribution in [3.63, 3.8) is 0 Å². The summed E-state index contributed by atoms with van der Waals surface area (Å²) in [6, 6.07) is 4.77. The molecular weight excluding hydrogens is 287 g/mol. The first-order chi connectivity index (χ1) is 9.98. The number of amides is 1. The molecule has 3 N–H and O–H groups in total. The van der Waals surface area contributed by atoms with Crippen LogP contribution in [0.4, 0.5) is 10.1 Å². The number of fused-ring (bicyclic) bond motifs is 1. The minimum Gasteiger partial charge on any atom is -0.397 e. The van der Waals surface area contributed by atoms with E-state index < -0.39 is 0 Å². The van der Waals surface area contributed by atoms with E-state index in [-0.39, 0.29) is 23.0 Å². The Labute approximate surface area is 128 Å². The Morgan fingerprint density at radius 3 is 2.43 bits per heavy atom. The normalized spacial score (nSPS) is 11.8. The van der Waals surface area contributed by atoms with Gasteiger partial charge in [-0.15, -0.1) is 11.3 Å². The van der Waals surface area contributed by atoms with Gasteiger partial charge in [-0.1, -0.05) is 26.8 Å². The molecule has 1 aromatic heterocycles. The van der Waals surface area contributed by atoms with E-state index in [1.54, 1.807) is 12.1 Å². The molecule has 1 amide bonds. The van der Waals surface area contributed by atoms with Crippen molar-refractivity contribution in [2.75, 3.05) is 5.73 Å². The number of thiophene rings is 1. The Kier molecular flexibility index (Phi) is 4.52. The maximum Gasteiger partial charge on any atom is 0.263 e. The summed E-state index contributed by atoms with van der Waals surface area (Å²) < 4.78 is 14.6. The van der Waals surface area contributed by atoms with Crippen molar-refractivity contribution in [3.8, 4) is 0 Å². The fraction of sp³-hybridized carbons (Fsp3) is 0.438. The Hall–Kier alpha value is -1.62. The van der Waals surface area contributed by atoms with E-state index in [4.69, 9.17) is 5.73 Å². The van der Waals surface area contributed by atoms with Crippen molar-refractivity contribution in [2.24, 2.45) is 0 Å². The molecule has 0 aliphatic carbocycles. The molecule has 0 aliphatic rings. The molecule has 21 heavy (non-hydrogen) atoms. The first-order valence-corrected chi connectivity index (χ1v) is 8.08. The zero-order chi connectivity index (χ0) is 15.6. The third kappa shape index (κ3) is 2.75. The van der Waals surface area contributed by atoms with Crippen LogP contribution < -0.4 is 11.1 Å². The number of rotatable bonds is 5. The predicted octanol–water partition coefficient (Wildman–Crippen LogP) is 4.32. The van der Waals surface area contributed by atoms with Crippen LogP contribution in [-0.2, 0) is 0 Å². The molecule has 0 atom stereocenters. The van der Waals surface area contributed by atoms with E-state index in [1.807, 2.05) is 0 Å². The maximum atomic E-state index is 13.9. The highest BCUT2D eigenvalue weighted by atomic mass is 32.1. The molecule has 0 spiro atoms. The van der Waals surface area contributed by atoms with E-state index >= 15 is 0 Å². The molecule has 2 aromatic rings. The zero-order valence-electron chi connectivity index (χ0n) is 12.6. The van der Waals surface area contributed by atoms with Gasteiger partial charge in [0.05, 0.1) is 11.1 Å². The molecule has 0 aliphatic heterocycles. The molecule has 3 nitrogen and oxygen atoms in total. The van der Waals surface area contributed by atoms with E-state index in [2.05, 4.69) is 26.1 Å². The summed E-state index contributed by atoms with van der Waals surface area (Å²) >= 11 is 1.24. The summed E-state index contributed by atoms with van der Waals surface area (Å²) in [4.78, 5) is 12.9. The van der Waals surface area contributed by atoms with E-state index in [1.165, 1.54) is 17.4 Å². The quantitative estimate of drug-likeness (QED) is 0.864. The van der Waals surface area contributed by atoms with Gasteiger partial charge in [0.25, 0.3) is 5.91 Å². The number of carbonyl (C=O) groups excluding carboxylic acids is 1. The van der Waals surface area contributed by atoms with Crippen molar-refractivity contribution in [1.82, 2.24) is 5.32 Å². The third-order valence-electron chi connectivity index (χ3n) is 4.32. The molecule has 0 unspecified atom stereocenters. The Morgan fingerprint density at radius 2 is 1.90 bits per heavy atom. The van der Waals surface area contributed by atoms with Gasteiger partial charge in [-0.05, 0) is 31.4 Å². The van der Waals surface area contributed by atoms with Crippen molar-refractivity contribution in [1.29, 1.82) is 0 Å². The summed E-state index contributed by atoms with van der Waals surface area (Å²) in [7, 11) is 0. The molecular formula is C16H21FN2OS. The average Bonchev–Trinajstić information content (AvgIpc) is 2.83. The van der Waals surface area contributed by atoms with Crippen molar-refractivity contribution in [2.45, 2.75) is 45.6 Å². The second-order valence-electron chi connectivity index (χ2n) is 5.25. The standard InChI is InChI=1S/C16H21FN2OS/c1-4-16(5-2,6-3)19-15(20)14-13(18)12-10(17)8-7-9-11(12)21-14/h7-9H,4-6,18H2,1-3H3,(H,19,20). The lowest BCUT2D eigenvalue weighted by Gasteiger charge is -2.31. The number of carbonyl (C=O) groups is 1. The summed E-state index contributed by atoms with van der Waals surface area (Å²) in [6.45, 7) is 6.17. The fourth-order valence-electron chi connectivity index (χ4n) is 2.61. The lowest BCUT2D eigenvalue weighted by atomic mass is 9.89. The summed E-state index contributed by atoms with van der Waals surface area (Å²) in [5.74, 6) is -0.591. The van der Waals surface area contributed by atoms with Gasteiger partial charge in [0.1, 0.15) is 10.7 Å². The lowest BCUT2D eigenvalue weighted by Crippen LogP contribution is -2.47. The summed E-state index contributed by atoms with van der Waals surface area (Å²) in [6.07, 6.45) is 2.56. The van der Waals surface area contributed by atoms with Crippen LogP contribution in [0.3, 0.4) is 0 Å². The second kappa shape index (κ2) is 6.02. The predicted molar refractivity (Wildman–Crippen MR) is 87.3 cm³/mol. The van der Waals surface area contributed by atoms with Crippen LogP contribution in [0, 0.1) is 5.82 Å². The highest BCUT2D eigenvalue weighted by Gasteiger charge is 2.28. The summed E-state index contributed by atoms with van der Waals surface area (Å²) in [5, 5.41) is 3.44. The average molecular weight is 308 g/mol. The van der Waals surface area contributed by atoms with Gasteiger partial charge in [-0.25, -0.2) is 4.39 Å². The van der Waals surface area contributed by atoms with Crippen LogP contribution in [0.25, 0.3) is 10.1 Å². The van der Waals surface area contributed by atoms with Crippen LogP contribution in [0.5, 0.6) is 0 Å². The zero-order valence-corrected chi connectivity index (χ0v) is 13.4. The highest BCUT2D eigenvalue weighted by molar-refractivity contribution is 7.21. The number of nitrogens with one attached hydrogen (secondary N) is 1. The number of anilines is 1. The lowest BCUT2D eigenvalue weighted by molar-refractivity contribution is 0.0893. The van der Waals surface area contributed by atoms with Gasteiger partial charge in [0.2, 0.25) is 0 Å². The van der Waals surface area contributed by atoms with Crippen LogP contribution in [0.2, 0.25) is 0 Å². The maximum absolute atomic E-state index is 13.9. The Balaban J connectivity index is 2.41. The highest BCUT2D eigenvalue weighted by Crippen LogP contribution is 2.35. The minimum atomic E-state index is -0.381. The second-order valence-corrected chi connectivity index (χ2v) is 6.31. The number of nitrogen functional groups attached to an aromatic ring is 1. The fourth-order valence-corrected chi connectivity index (χ4v) is 3.64. The van der Waals surface area contributed by atoms with Gasteiger partial charge >= 0.3 is 0 Å². The van der Waals surface area contributed by atoms with Gasteiger partial charge in [-0.3, -0.25) is 4.79 Å². The van der Waals surface area contributed by atoms with Gasteiger partial charge in [0.15, 0.2) is 0 Å². The smallest absolute Gasteiger partial charge is 0.263 e. The van der Waals surface area contributed by atoms with Crippen molar-refractivity contribution >= 4 is 33.0 Å². The molecule has 0 bridgehead atoms. The number of hydrogen-bond acceptors (Lipinski definition) is 3. The monoisotopic (exact) mass is 308 g/mol. The number of benzene rings is 1. The molecule has 1 heterocycles. The van der Waals surface area contributed by atoms with E-state index in [0.29, 0.717) is 15.0 Å². The molecule has 0 radical (unpaired) electrons. The number of halogens is 1. The number of hydrogen-bond donors (Lipinski definition) is 2. The van der Waals surface area contributed by atoms with Crippen LogP contribution >= 0.6 is 11.3 Å². The Bertz CT molecular complexity index is 653. The minimum absolute atomic E-state index is 0.210. The Morgan fingerprint density at radius 1 is 1.29 bits per heavy atom. The molecule has 0 fully saturated rings. The molecule has 5 heteroatoms. The van der Waals surface area contributed by atoms with Crippen LogP contribution in [-0.4, -0.2) is 11.4 Å². The topological polar surface area (TPSA) is 55.1 Å². The van der Waals surface area contributed by atoms with Crippen molar-refractivity contribution in [3.05, 3.63) is 28.9 Å². The molecule has 0 saturated carbocycles. The van der Waals surface area contributed by atoms with Crippen molar-refractivity contribution < 1.29 is 9.18 Å². The molecule has 2 rings (SSSR count). The first kappa shape index (κ1) is 15.8. The first-order valence-electron chi connectivity index (χ1n) is 7.27. The van der Waals surface area contributed by atoms with Crippen LogP contribution in [0.1, 0.15) is 49.7 Å². The molecule has 1 aromatic carbocycles. The van der Waals surface area contributed by atoms with E-state index in [9.17, 15) is 9.18 Å². The van der Waals surface area contributed by atoms with Gasteiger partial charge < -0.3 is 11.1 Å². The third-order valence-corrected chi connectivity index (χ3v) is 5.49. The largest absolute Gasteiger partial charge is 0.397 e. The van der Waals surface area contributed by atoms with E-state index in [0.717, 1.165) is 19.3 Å².